The van der Waals surface area contributed by atoms with Crippen molar-refractivity contribution in [1.29, 1.82) is 0 Å². The Morgan fingerprint density at radius 2 is 1.80 bits per heavy atom. The molecule has 1 N–H and O–H groups in total. The highest BCUT2D eigenvalue weighted by molar-refractivity contribution is 7.21. The SMILES string of the molecule is Cc1ccc(Cc2c(C(=O)O)sc3ccccc23)cc1. The zero-order chi connectivity index (χ0) is 14.1. The van der Waals surface area contributed by atoms with E-state index < -0.39 is 5.97 Å². The lowest BCUT2D eigenvalue weighted by atomic mass is 10.0. The molecule has 0 saturated heterocycles. The van der Waals surface area contributed by atoms with Gasteiger partial charge in [-0.2, -0.15) is 0 Å². The number of carboxylic acids is 1. The molecular weight excluding hydrogens is 268 g/mol. The number of rotatable bonds is 3. The highest BCUT2D eigenvalue weighted by Gasteiger charge is 2.17. The second-order valence-electron chi connectivity index (χ2n) is 4.87. The fourth-order valence-corrected chi connectivity index (χ4v) is 3.42. The van der Waals surface area contributed by atoms with Crippen LogP contribution in [0, 0.1) is 6.92 Å². The Hall–Kier alpha value is -2.13. The summed E-state index contributed by atoms with van der Waals surface area (Å²) in [7, 11) is 0. The van der Waals surface area contributed by atoms with Crippen molar-refractivity contribution >= 4 is 27.4 Å². The van der Waals surface area contributed by atoms with E-state index in [9.17, 15) is 9.90 Å². The smallest absolute Gasteiger partial charge is 0.346 e. The molecule has 0 unspecified atom stereocenters. The van der Waals surface area contributed by atoms with Crippen molar-refractivity contribution in [2.24, 2.45) is 0 Å². The molecule has 20 heavy (non-hydrogen) atoms. The molecule has 1 heterocycles. The number of thiophene rings is 1. The van der Waals surface area contributed by atoms with Gasteiger partial charge in [-0.25, -0.2) is 4.79 Å². The second-order valence-corrected chi connectivity index (χ2v) is 5.93. The van der Waals surface area contributed by atoms with Crippen LogP contribution in [0.5, 0.6) is 0 Å². The molecule has 100 valence electrons. The molecule has 0 aliphatic heterocycles. The fourth-order valence-electron chi connectivity index (χ4n) is 2.36. The maximum absolute atomic E-state index is 11.4. The molecule has 0 amide bonds. The number of carboxylic acid groups (broad SMARTS) is 1. The van der Waals surface area contributed by atoms with Crippen LogP contribution in [0.25, 0.3) is 10.1 Å². The third-order valence-electron chi connectivity index (χ3n) is 3.39. The fraction of sp³-hybridized carbons (Fsp3) is 0.118. The maximum Gasteiger partial charge on any atom is 0.346 e. The van der Waals surface area contributed by atoms with Gasteiger partial charge in [0, 0.05) is 4.70 Å². The molecule has 0 aliphatic carbocycles. The first-order chi connectivity index (χ1) is 9.65. The number of benzene rings is 2. The summed E-state index contributed by atoms with van der Waals surface area (Å²) in [6, 6.07) is 16.1. The van der Waals surface area contributed by atoms with Crippen LogP contribution in [0.15, 0.2) is 48.5 Å². The van der Waals surface area contributed by atoms with Crippen molar-refractivity contribution in [3.8, 4) is 0 Å². The van der Waals surface area contributed by atoms with E-state index in [1.54, 1.807) is 0 Å². The summed E-state index contributed by atoms with van der Waals surface area (Å²) in [5, 5.41) is 10.5. The summed E-state index contributed by atoms with van der Waals surface area (Å²) in [4.78, 5) is 11.9. The number of fused-ring (bicyclic) bond motifs is 1. The lowest BCUT2D eigenvalue weighted by Gasteiger charge is -2.03. The molecule has 3 heteroatoms. The van der Waals surface area contributed by atoms with Crippen molar-refractivity contribution in [2.75, 3.05) is 0 Å². The Bertz CT molecular complexity index is 769. The van der Waals surface area contributed by atoms with Crippen LogP contribution in [-0.2, 0) is 6.42 Å². The van der Waals surface area contributed by atoms with E-state index in [0.717, 1.165) is 21.2 Å². The average Bonchev–Trinajstić information content (AvgIpc) is 2.81. The average molecular weight is 282 g/mol. The Morgan fingerprint density at radius 1 is 1.10 bits per heavy atom. The molecule has 1 aromatic heterocycles. The zero-order valence-corrected chi connectivity index (χ0v) is 11.9. The van der Waals surface area contributed by atoms with Gasteiger partial charge in [0.2, 0.25) is 0 Å². The van der Waals surface area contributed by atoms with Crippen LogP contribution >= 0.6 is 11.3 Å². The topological polar surface area (TPSA) is 37.3 Å². The van der Waals surface area contributed by atoms with Crippen molar-refractivity contribution in [2.45, 2.75) is 13.3 Å². The predicted molar refractivity (Wildman–Crippen MR) is 82.8 cm³/mol. The molecule has 3 rings (SSSR count). The van der Waals surface area contributed by atoms with E-state index in [4.69, 9.17) is 0 Å². The molecule has 0 spiro atoms. The van der Waals surface area contributed by atoms with E-state index in [2.05, 4.69) is 24.3 Å². The normalized spacial score (nSPS) is 10.8. The number of aryl methyl sites for hydroxylation is 1. The van der Waals surface area contributed by atoms with E-state index in [-0.39, 0.29) is 0 Å². The van der Waals surface area contributed by atoms with Gasteiger partial charge in [-0.15, -0.1) is 11.3 Å². The molecule has 2 aromatic carbocycles. The standard InChI is InChI=1S/C17H14O2S/c1-11-6-8-12(9-7-11)10-14-13-4-2-3-5-15(13)20-16(14)17(18)19/h2-9H,10H2,1H3,(H,18,19). The van der Waals surface area contributed by atoms with E-state index >= 15 is 0 Å². The molecule has 0 fully saturated rings. The number of hydrogen-bond donors (Lipinski definition) is 1. The minimum atomic E-state index is -0.840. The van der Waals surface area contributed by atoms with Crippen LogP contribution in [-0.4, -0.2) is 11.1 Å². The van der Waals surface area contributed by atoms with Crippen molar-refractivity contribution in [3.05, 3.63) is 70.1 Å². The highest BCUT2D eigenvalue weighted by atomic mass is 32.1. The van der Waals surface area contributed by atoms with Gasteiger partial charge < -0.3 is 5.11 Å². The summed E-state index contributed by atoms with van der Waals surface area (Å²) in [6.07, 6.45) is 0.659. The molecule has 0 saturated carbocycles. The Balaban J connectivity index is 2.11. The van der Waals surface area contributed by atoms with Crippen LogP contribution in [0.2, 0.25) is 0 Å². The first-order valence-corrected chi connectivity index (χ1v) is 7.26. The van der Waals surface area contributed by atoms with E-state index in [1.165, 1.54) is 16.9 Å². The van der Waals surface area contributed by atoms with Crippen molar-refractivity contribution in [1.82, 2.24) is 0 Å². The molecule has 0 radical (unpaired) electrons. The minimum Gasteiger partial charge on any atom is -0.477 e. The molecule has 0 atom stereocenters. The van der Waals surface area contributed by atoms with Gasteiger partial charge in [-0.05, 0) is 35.9 Å². The lowest BCUT2D eigenvalue weighted by molar-refractivity contribution is 0.0701. The van der Waals surface area contributed by atoms with Crippen molar-refractivity contribution < 1.29 is 9.90 Å². The van der Waals surface area contributed by atoms with Crippen LogP contribution in [0.1, 0.15) is 26.4 Å². The molecule has 0 bridgehead atoms. The Kier molecular flexibility index (Phi) is 3.28. The largest absolute Gasteiger partial charge is 0.477 e. The Labute approximate surface area is 121 Å². The number of aromatic carboxylic acids is 1. The summed E-state index contributed by atoms with van der Waals surface area (Å²) in [5.41, 5.74) is 3.27. The van der Waals surface area contributed by atoms with E-state index in [0.29, 0.717) is 11.3 Å². The third-order valence-corrected chi connectivity index (χ3v) is 4.60. The summed E-state index contributed by atoms with van der Waals surface area (Å²) < 4.78 is 1.03. The van der Waals surface area contributed by atoms with Gasteiger partial charge in [0.25, 0.3) is 0 Å². The van der Waals surface area contributed by atoms with Gasteiger partial charge in [-0.1, -0.05) is 48.0 Å². The summed E-state index contributed by atoms with van der Waals surface area (Å²) in [6.45, 7) is 2.05. The predicted octanol–water partition coefficient (Wildman–Crippen LogP) is 4.50. The molecule has 3 aromatic rings. The minimum absolute atomic E-state index is 0.451. The lowest BCUT2D eigenvalue weighted by Crippen LogP contribution is -1.98. The first-order valence-electron chi connectivity index (χ1n) is 6.44. The Morgan fingerprint density at radius 3 is 2.50 bits per heavy atom. The van der Waals surface area contributed by atoms with Gasteiger partial charge in [0.05, 0.1) is 0 Å². The quantitative estimate of drug-likeness (QED) is 0.768. The molecule has 0 aliphatic rings. The summed E-state index contributed by atoms with van der Waals surface area (Å²) in [5.74, 6) is -0.840. The number of carbonyl (C=O) groups is 1. The van der Waals surface area contributed by atoms with Crippen LogP contribution in [0.4, 0.5) is 0 Å². The highest BCUT2D eigenvalue weighted by Crippen LogP contribution is 2.32. The molecule has 2 nitrogen and oxygen atoms in total. The van der Waals surface area contributed by atoms with Gasteiger partial charge in [0.15, 0.2) is 0 Å². The van der Waals surface area contributed by atoms with Gasteiger partial charge >= 0.3 is 5.97 Å². The second kappa shape index (κ2) is 5.10. The van der Waals surface area contributed by atoms with Crippen LogP contribution < -0.4 is 0 Å². The number of hydrogen-bond acceptors (Lipinski definition) is 2. The first kappa shape index (κ1) is 12.9. The summed E-state index contributed by atoms with van der Waals surface area (Å²) >= 11 is 1.35. The van der Waals surface area contributed by atoms with Gasteiger partial charge in [-0.3, -0.25) is 0 Å². The third kappa shape index (κ3) is 2.32. The van der Waals surface area contributed by atoms with Crippen LogP contribution in [0.3, 0.4) is 0 Å². The monoisotopic (exact) mass is 282 g/mol. The van der Waals surface area contributed by atoms with Gasteiger partial charge in [0.1, 0.15) is 4.88 Å². The zero-order valence-electron chi connectivity index (χ0n) is 11.1. The van der Waals surface area contributed by atoms with Crippen molar-refractivity contribution in [3.63, 3.8) is 0 Å². The maximum atomic E-state index is 11.4. The molecular formula is C17H14O2S. The van der Waals surface area contributed by atoms with E-state index in [1.807, 2.05) is 31.2 Å².